The molecule has 0 bridgehead atoms. The van der Waals surface area contributed by atoms with E-state index >= 15 is 0 Å². The van der Waals surface area contributed by atoms with Crippen molar-refractivity contribution >= 4 is 5.97 Å². The van der Waals surface area contributed by atoms with E-state index in [9.17, 15) is 9.90 Å². The number of carbonyl (C=O) groups is 1. The summed E-state index contributed by atoms with van der Waals surface area (Å²) in [6, 6.07) is 3.13. The highest BCUT2D eigenvalue weighted by Crippen LogP contribution is 2.22. The summed E-state index contributed by atoms with van der Waals surface area (Å²) in [6.45, 7) is 3.86. The number of aromatic carboxylic acids is 1. The van der Waals surface area contributed by atoms with Crippen LogP contribution in [0.3, 0.4) is 0 Å². The average molecular weight is 239 g/mol. The lowest BCUT2D eigenvalue weighted by Crippen LogP contribution is -2.45. The average Bonchev–Trinajstić information content (AvgIpc) is 2.64. The number of carboxylic acids is 1. The second-order valence-corrected chi connectivity index (χ2v) is 4.88. The zero-order valence-corrected chi connectivity index (χ0v) is 9.85. The maximum atomic E-state index is 10.7. The number of nitrogens with zero attached hydrogens (tertiary/aromatic N) is 1. The van der Waals surface area contributed by atoms with Crippen LogP contribution in [0.4, 0.5) is 0 Å². The zero-order chi connectivity index (χ0) is 12.5. The van der Waals surface area contributed by atoms with Crippen molar-refractivity contribution in [3.8, 4) is 0 Å². The van der Waals surface area contributed by atoms with Gasteiger partial charge in [0.2, 0.25) is 5.76 Å². The van der Waals surface area contributed by atoms with E-state index in [1.165, 1.54) is 6.07 Å². The first-order valence-corrected chi connectivity index (χ1v) is 5.73. The second kappa shape index (κ2) is 4.50. The molecule has 1 unspecified atom stereocenters. The van der Waals surface area contributed by atoms with E-state index in [-0.39, 0.29) is 5.76 Å². The van der Waals surface area contributed by atoms with Crippen LogP contribution in [0.25, 0.3) is 0 Å². The van der Waals surface area contributed by atoms with Crippen molar-refractivity contribution < 1.29 is 19.4 Å². The van der Waals surface area contributed by atoms with Gasteiger partial charge in [-0.25, -0.2) is 4.79 Å². The van der Waals surface area contributed by atoms with E-state index in [2.05, 4.69) is 4.90 Å². The van der Waals surface area contributed by atoms with Gasteiger partial charge in [0.15, 0.2) is 0 Å². The Morgan fingerprint density at radius 3 is 2.94 bits per heavy atom. The van der Waals surface area contributed by atoms with Gasteiger partial charge >= 0.3 is 5.97 Å². The molecule has 1 aliphatic rings. The molecule has 5 heteroatoms. The molecule has 1 fully saturated rings. The molecule has 1 atom stereocenters. The Morgan fingerprint density at radius 1 is 1.59 bits per heavy atom. The fourth-order valence-electron chi connectivity index (χ4n) is 2.26. The predicted molar refractivity (Wildman–Crippen MR) is 60.8 cm³/mol. The number of hydrogen-bond acceptors (Lipinski definition) is 4. The first-order valence-electron chi connectivity index (χ1n) is 5.73. The summed E-state index contributed by atoms with van der Waals surface area (Å²) in [5.41, 5.74) is -0.652. The maximum Gasteiger partial charge on any atom is 0.371 e. The summed E-state index contributed by atoms with van der Waals surface area (Å²) in [4.78, 5) is 12.7. The van der Waals surface area contributed by atoms with Gasteiger partial charge in [0.05, 0.1) is 12.1 Å². The molecular weight excluding hydrogens is 222 g/mol. The number of β-amino-alcohol motifs (C(OH)–C–C–N with tert-alkyl or cyclic N) is 1. The van der Waals surface area contributed by atoms with Gasteiger partial charge in [-0.1, -0.05) is 0 Å². The van der Waals surface area contributed by atoms with Gasteiger partial charge in [-0.15, -0.1) is 0 Å². The van der Waals surface area contributed by atoms with Crippen molar-refractivity contribution in [2.24, 2.45) is 0 Å². The molecule has 17 heavy (non-hydrogen) atoms. The highest BCUT2D eigenvalue weighted by Gasteiger charge is 2.28. The van der Waals surface area contributed by atoms with Crippen molar-refractivity contribution in [2.45, 2.75) is 31.9 Å². The van der Waals surface area contributed by atoms with E-state index in [1.807, 2.05) is 6.92 Å². The van der Waals surface area contributed by atoms with Gasteiger partial charge in [-0.05, 0) is 38.4 Å². The summed E-state index contributed by atoms with van der Waals surface area (Å²) >= 11 is 0. The summed E-state index contributed by atoms with van der Waals surface area (Å²) < 4.78 is 5.19. The number of aliphatic hydroxyl groups is 1. The highest BCUT2D eigenvalue weighted by molar-refractivity contribution is 5.84. The molecule has 1 aromatic rings. The number of rotatable bonds is 3. The Bertz CT molecular complexity index is 410. The number of likely N-dealkylation sites (tertiary alicyclic amines) is 1. The molecule has 0 spiro atoms. The topological polar surface area (TPSA) is 73.9 Å². The summed E-state index contributed by atoms with van der Waals surface area (Å²) in [7, 11) is 0. The molecule has 2 heterocycles. The van der Waals surface area contributed by atoms with Crippen LogP contribution >= 0.6 is 0 Å². The molecular formula is C12H17NO4. The number of carboxylic acid groups (broad SMARTS) is 1. The first kappa shape index (κ1) is 12.1. The Hall–Kier alpha value is -1.33. The normalized spacial score (nSPS) is 26.0. The third-order valence-corrected chi connectivity index (χ3v) is 3.01. The van der Waals surface area contributed by atoms with Gasteiger partial charge in [-0.2, -0.15) is 0 Å². The zero-order valence-electron chi connectivity index (χ0n) is 9.85. The van der Waals surface area contributed by atoms with Gasteiger partial charge in [0.1, 0.15) is 5.76 Å². The van der Waals surface area contributed by atoms with Crippen molar-refractivity contribution in [3.63, 3.8) is 0 Å². The second-order valence-electron chi connectivity index (χ2n) is 4.88. The number of hydrogen-bond donors (Lipinski definition) is 2. The lowest BCUT2D eigenvalue weighted by Gasteiger charge is -2.36. The minimum atomic E-state index is -1.05. The quantitative estimate of drug-likeness (QED) is 0.832. The van der Waals surface area contributed by atoms with Crippen LogP contribution in [-0.2, 0) is 6.54 Å². The Kier molecular flexibility index (Phi) is 3.22. The molecule has 0 radical (unpaired) electrons. The van der Waals surface area contributed by atoms with Gasteiger partial charge < -0.3 is 14.6 Å². The molecule has 0 saturated carbocycles. The van der Waals surface area contributed by atoms with Crippen LogP contribution in [-0.4, -0.2) is 39.8 Å². The maximum absolute atomic E-state index is 10.7. The molecule has 1 saturated heterocycles. The van der Waals surface area contributed by atoms with Crippen LogP contribution in [0.1, 0.15) is 36.1 Å². The molecule has 5 nitrogen and oxygen atoms in total. The van der Waals surface area contributed by atoms with E-state index in [0.717, 1.165) is 19.4 Å². The van der Waals surface area contributed by atoms with Gasteiger partial charge in [-0.3, -0.25) is 4.90 Å². The van der Waals surface area contributed by atoms with Gasteiger partial charge in [0, 0.05) is 6.54 Å². The summed E-state index contributed by atoms with van der Waals surface area (Å²) in [6.07, 6.45) is 1.75. The minimum absolute atomic E-state index is 0.0382. The van der Waals surface area contributed by atoms with Crippen molar-refractivity contribution in [2.75, 3.05) is 13.1 Å². The fraction of sp³-hybridized carbons (Fsp3) is 0.583. The summed E-state index contributed by atoms with van der Waals surface area (Å²) in [5, 5.41) is 18.7. The van der Waals surface area contributed by atoms with E-state index in [4.69, 9.17) is 9.52 Å². The minimum Gasteiger partial charge on any atom is -0.475 e. The fourth-order valence-corrected chi connectivity index (χ4v) is 2.26. The molecule has 0 aliphatic carbocycles. The van der Waals surface area contributed by atoms with Crippen LogP contribution in [0, 0.1) is 0 Å². The van der Waals surface area contributed by atoms with Crippen LogP contribution in [0.2, 0.25) is 0 Å². The van der Waals surface area contributed by atoms with Crippen LogP contribution in [0.15, 0.2) is 16.5 Å². The van der Waals surface area contributed by atoms with E-state index in [0.29, 0.717) is 18.8 Å². The molecule has 94 valence electrons. The van der Waals surface area contributed by atoms with Crippen molar-refractivity contribution in [3.05, 3.63) is 23.7 Å². The summed E-state index contributed by atoms with van der Waals surface area (Å²) in [5.74, 6) is -0.467. The van der Waals surface area contributed by atoms with Crippen LogP contribution < -0.4 is 0 Å². The monoisotopic (exact) mass is 239 g/mol. The van der Waals surface area contributed by atoms with E-state index in [1.54, 1.807) is 6.07 Å². The molecule has 0 amide bonds. The molecule has 2 N–H and O–H groups in total. The number of piperidine rings is 1. The SMILES string of the molecule is CC1(O)CCCN(Cc2ccc(C(=O)O)o2)C1. The Labute approximate surface area is 99.6 Å². The molecule has 1 aromatic heterocycles. The standard InChI is InChI=1S/C12H17NO4/c1-12(16)5-2-6-13(8-12)7-9-3-4-10(17-9)11(14)15/h3-4,16H,2,5-8H2,1H3,(H,14,15). The number of furan rings is 1. The highest BCUT2D eigenvalue weighted by atomic mass is 16.4. The predicted octanol–water partition coefficient (Wildman–Crippen LogP) is 1.32. The van der Waals surface area contributed by atoms with E-state index < -0.39 is 11.6 Å². The third-order valence-electron chi connectivity index (χ3n) is 3.01. The smallest absolute Gasteiger partial charge is 0.371 e. The first-order chi connectivity index (χ1) is 7.96. The molecule has 2 rings (SSSR count). The molecule has 0 aromatic carbocycles. The van der Waals surface area contributed by atoms with Gasteiger partial charge in [0.25, 0.3) is 0 Å². The molecule has 1 aliphatic heterocycles. The van der Waals surface area contributed by atoms with Crippen molar-refractivity contribution in [1.29, 1.82) is 0 Å². The van der Waals surface area contributed by atoms with Crippen molar-refractivity contribution in [1.82, 2.24) is 4.90 Å². The largest absolute Gasteiger partial charge is 0.475 e. The Morgan fingerprint density at radius 2 is 2.35 bits per heavy atom. The van der Waals surface area contributed by atoms with Crippen LogP contribution in [0.5, 0.6) is 0 Å². The Balaban J connectivity index is 1.98. The lowest BCUT2D eigenvalue weighted by molar-refractivity contribution is -0.0200. The third kappa shape index (κ3) is 3.08. The lowest BCUT2D eigenvalue weighted by atomic mass is 9.95.